The lowest BCUT2D eigenvalue weighted by molar-refractivity contribution is 0.325. The number of rotatable bonds is 5. The lowest BCUT2D eigenvalue weighted by Gasteiger charge is -2.23. The normalized spacial score (nSPS) is 14.5. The molecule has 2 heterocycles. The molecule has 138 valence electrons. The van der Waals surface area contributed by atoms with Gasteiger partial charge >= 0.3 is 0 Å². The number of aryl methyl sites for hydroxylation is 1. The van der Waals surface area contributed by atoms with Crippen molar-refractivity contribution in [2.75, 3.05) is 6.26 Å². The standard InChI is InChI=1S/C22H29N2OS/c1-16(22(2,3)4)26(6)25-15-18-11-12-23-14-19(18)21-13-17-9-7-8-10-20(17)24(21)5/h7-14,16H,15H2,1-6H3/q+1/t16-,26?/m1/s1. The zero-order chi connectivity index (χ0) is 18.9. The van der Waals surface area contributed by atoms with Gasteiger partial charge in [-0.15, -0.1) is 0 Å². The van der Waals surface area contributed by atoms with Crippen molar-refractivity contribution in [2.24, 2.45) is 12.5 Å². The number of pyridine rings is 1. The Labute approximate surface area is 160 Å². The highest BCUT2D eigenvalue weighted by Gasteiger charge is 2.35. The number of benzene rings is 1. The number of hydrogen-bond donors (Lipinski definition) is 0. The van der Waals surface area contributed by atoms with Crippen LogP contribution in [0.3, 0.4) is 0 Å². The molecule has 2 atom stereocenters. The SMILES string of the molecule is C[C@@H]([S+](C)OCc1ccncc1-c1cc2ccccc2n1C)C(C)(C)C. The minimum absolute atomic E-state index is 0.0967. The van der Waals surface area contributed by atoms with E-state index in [4.69, 9.17) is 4.18 Å². The molecule has 0 spiro atoms. The highest BCUT2D eigenvalue weighted by molar-refractivity contribution is 7.92. The average Bonchev–Trinajstić information content (AvgIpc) is 2.95. The van der Waals surface area contributed by atoms with Gasteiger partial charge in [0.2, 0.25) is 0 Å². The van der Waals surface area contributed by atoms with Gasteiger partial charge in [0.05, 0.1) is 5.69 Å². The van der Waals surface area contributed by atoms with Crippen molar-refractivity contribution >= 4 is 22.1 Å². The fraction of sp³-hybridized carbons (Fsp3) is 0.409. The first-order chi connectivity index (χ1) is 12.3. The Balaban J connectivity index is 1.88. The van der Waals surface area contributed by atoms with Gasteiger partial charge < -0.3 is 4.57 Å². The van der Waals surface area contributed by atoms with E-state index in [9.17, 15) is 0 Å². The second kappa shape index (κ2) is 7.45. The van der Waals surface area contributed by atoms with Gasteiger partial charge in [-0.25, -0.2) is 0 Å². The molecule has 0 aliphatic heterocycles. The minimum atomic E-state index is -0.0967. The van der Waals surface area contributed by atoms with Crippen LogP contribution >= 0.6 is 0 Å². The summed E-state index contributed by atoms with van der Waals surface area (Å²) >= 11 is -0.0967. The van der Waals surface area contributed by atoms with Gasteiger partial charge in [0.1, 0.15) is 24.0 Å². The molecular weight excluding hydrogens is 340 g/mol. The average molecular weight is 370 g/mol. The predicted molar refractivity (Wildman–Crippen MR) is 113 cm³/mol. The second-order valence-electron chi connectivity index (χ2n) is 7.95. The first kappa shape index (κ1) is 19.0. The number of aromatic nitrogens is 2. The van der Waals surface area contributed by atoms with E-state index >= 15 is 0 Å². The molecule has 4 heteroatoms. The van der Waals surface area contributed by atoms with E-state index in [1.165, 1.54) is 22.2 Å². The molecule has 1 aromatic carbocycles. The number of hydrogen-bond acceptors (Lipinski definition) is 2. The van der Waals surface area contributed by atoms with E-state index in [1.807, 2.05) is 12.4 Å². The van der Waals surface area contributed by atoms with Crippen LogP contribution in [-0.2, 0) is 29.0 Å². The topological polar surface area (TPSA) is 27.1 Å². The molecule has 2 aromatic heterocycles. The molecule has 0 saturated carbocycles. The van der Waals surface area contributed by atoms with Crippen molar-refractivity contribution in [2.45, 2.75) is 39.6 Å². The molecule has 0 aliphatic carbocycles. The maximum Gasteiger partial charge on any atom is 0.152 e. The summed E-state index contributed by atoms with van der Waals surface area (Å²) in [6.07, 6.45) is 6.01. The van der Waals surface area contributed by atoms with Gasteiger partial charge in [-0.1, -0.05) is 39.0 Å². The number of para-hydroxylation sites is 1. The molecule has 0 aliphatic rings. The molecule has 1 unspecified atom stereocenters. The van der Waals surface area contributed by atoms with Gasteiger partial charge in [-0.3, -0.25) is 4.98 Å². The molecule has 0 fully saturated rings. The predicted octanol–water partition coefficient (Wildman–Crippen LogP) is 5.35. The zero-order valence-corrected chi connectivity index (χ0v) is 17.4. The Morgan fingerprint density at radius 3 is 2.62 bits per heavy atom. The smallest absolute Gasteiger partial charge is 0.152 e. The Hall–Kier alpha value is -1.78. The summed E-state index contributed by atoms with van der Waals surface area (Å²) in [5, 5.41) is 1.75. The van der Waals surface area contributed by atoms with Crippen molar-refractivity contribution < 1.29 is 4.18 Å². The van der Waals surface area contributed by atoms with Crippen LogP contribution in [0.2, 0.25) is 0 Å². The molecule has 0 bridgehead atoms. The third kappa shape index (κ3) is 3.81. The molecule has 26 heavy (non-hydrogen) atoms. The van der Waals surface area contributed by atoms with Crippen molar-refractivity contribution in [3.8, 4) is 11.3 Å². The van der Waals surface area contributed by atoms with Crippen LogP contribution in [0.4, 0.5) is 0 Å². The van der Waals surface area contributed by atoms with Crippen LogP contribution in [0.5, 0.6) is 0 Å². The Morgan fingerprint density at radius 1 is 1.19 bits per heavy atom. The Kier molecular flexibility index (Phi) is 5.44. The lowest BCUT2D eigenvalue weighted by Crippen LogP contribution is -2.32. The first-order valence-corrected chi connectivity index (χ1v) is 10.7. The molecule has 3 nitrogen and oxygen atoms in total. The lowest BCUT2D eigenvalue weighted by atomic mass is 9.93. The fourth-order valence-corrected chi connectivity index (χ4v) is 4.60. The quantitative estimate of drug-likeness (QED) is 0.567. The molecule has 0 saturated heterocycles. The summed E-state index contributed by atoms with van der Waals surface area (Å²) in [5.41, 5.74) is 4.99. The first-order valence-electron chi connectivity index (χ1n) is 9.05. The zero-order valence-electron chi connectivity index (χ0n) is 16.6. The minimum Gasteiger partial charge on any atom is -0.344 e. The summed E-state index contributed by atoms with van der Waals surface area (Å²) in [4.78, 5) is 4.37. The van der Waals surface area contributed by atoms with Gasteiger partial charge in [-0.2, -0.15) is 4.18 Å². The third-order valence-electron chi connectivity index (χ3n) is 5.26. The second-order valence-corrected chi connectivity index (χ2v) is 9.89. The van der Waals surface area contributed by atoms with Crippen LogP contribution in [0.25, 0.3) is 22.2 Å². The van der Waals surface area contributed by atoms with Crippen molar-refractivity contribution in [3.63, 3.8) is 0 Å². The summed E-state index contributed by atoms with van der Waals surface area (Å²) in [7, 11) is 2.11. The van der Waals surface area contributed by atoms with Crippen LogP contribution in [0.1, 0.15) is 33.3 Å². The van der Waals surface area contributed by atoms with E-state index in [0.717, 1.165) is 5.56 Å². The van der Waals surface area contributed by atoms with E-state index < -0.39 is 0 Å². The molecule has 3 aromatic rings. The Morgan fingerprint density at radius 2 is 1.92 bits per heavy atom. The third-order valence-corrected chi connectivity index (χ3v) is 7.45. The van der Waals surface area contributed by atoms with Crippen molar-refractivity contribution in [1.29, 1.82) is 0 Å². The van der Waals surface area contributed by atoms with Crippen molar-refractivity contribution in [1.82, 2.24) is 9.55 Å². The van der Waals surface area contributed by atoms with Gasteiger partial charge in [0, 0.05) is 41.3 Å². The summed E-state index contributed by atoms with van der Waals surface area (Å²) in [5.74, 6) is 0. The monoisotopic (exact) mass is 369 g/mol. The van der Waals surface area contributed by atoms with Crippen LogP contribution in [0, 0.1) is 5.41 Å². The van der Waals surface area contributed by atoms with Crippen LogP contribution in [-0.4, -0.2) is 21.1 Å². The van der Waals surface area contributed by atoms with Crippen LogP contribution < -0.4 is 0 Å². The van der Waals surface area contributed by atoms with E-state index in [-0.39, 0.29) is 16.6 Å². The maximum atomic E-state index is 6.28. The number of nitrogens with zero attached hydrogens (tertiary/aromatic N) is 2. The highest BCUT2D eigenvalue weighted by Crippen LogP contribution is 2.31. The molecule has 0 N–H and O–H groups in total. The van der Waals surface area contributed by atoms with Gasteiger partial charge in [-0.05, 0) is 30.7 Å². The van der Waals surface area contributed by atoms with Crippen molar-refractivity contribution in [3.05, 3.63) is 54.4 Å². The molecule has 3 rings (SSSR count). The molecule has 0 amide bonds. The molecular formula is C22H29N2OS+. The fourth-order valence-electron chi connectivity index (χ4n) is 3.08. The number of fused-ring (bicyclic) bond motifs is 1. The largest absolute Gasteiger partial charge is 0.344 e. The Bertz CT molecular complexity index is 895. The van der Waals surface area contributed by atoms with E-state index in [0.29, 0.717) is 11.9 Å². The summed E-state index contributed by atoms with van der Waals surface area (Å²) in [6.45, 7) is 9.72. The molecule has 0 radical (unpaired) electrons. The van der Waals surface area contributed by atoms with Gasteiger partial charge in [0.25, 0.3) is 0 Å². The summed E-state index contributed by atoms with van der Waals surface area (Å²) in [6, 6.07) is 12.8. The van der Waals surface area contributed by atoms with E-state index in [1.54, 1.807) is 0 Å². The van der Waals surface area contributed by atoms with Gasteiger partial charge in [0.15, 0.2) is 5.25 Å². The highest BCUT2D eigenvalue weighted by atomic mass is 32.2. The summed E-state index contributed by atoms with van der Waals surface area (Å²) < 4.78 is 8.52. The van der Waals surface area contributed by atoms with Crippen LogP contribution in [0.15, 0.2) is 48.8 Å². The van der Waals surface area contributed by atoms with E-state index in [2.05, 4.69) is 86.9 Å². The maximum absolute atomic E-state index is 6.28.